The zero-order valence-corrected chi connectivity index (χ0v) is 16.7. The maximum Gasteiger partial charge on any atom is 0.238 e. The summed E-state index contributed by atoms with van der Waals surface area (Å²) in [5.74, 6) is -3.02. The minimum Gasteiger partial charge on any atom is -0.507 e. The molecule has 0 saturated carbocycles. The number of aromatic hydroxyl groups is 4. The molecule has 1 aromatic heterocycles. The van der Waals surface area contributed by atoms with Crippen molar-refractivity contribution < 1.29 is 54.7 Å². The first kappa shape index (κ1) is 22.6. The second-order valence-electron chi connectivity index (χ2n) is 7.44. The van der Waals surface area contributed by atoms with Gasteiger partial charge in [-0.1, -0.05) is 0 Å². The zero-order chi connectivity index (χ0) is 24.0. The highest BCUT2D eigenvalue weighted by molar-refractivity contribution is 5.88. The minimum absolute atomic E-state index is 0.0431. The first-order valence-electron chi connectivity index (χ1n) is 9.64. The highest BCUT2D eigenvalue weighted by atomic mass is 16.7. The lowest BCUT2D eigenvalue weighted by Gasteiger charge is -2.39. The predicted octanol–water partition coefficient (Wildman–Crippen LogP) is -0.539. The smallest absolute Gasteiger partial charge is 0.238 e. The molecule has 12 heteroatoms. The standard InChI is InChI=1S/C21H20O12/c22-6-13-15(26)17(28)19(30)21(33-13)31-8-4-11(25)14-12(5-8)32-20(18(29)16(14)27)7-1-2-9(23)10(24)3-7/h1-5,13,15,17,19,21-26,28-30H,6H2/t13-,15-,17+,19-,21-/m0/s1. The average molecular weight is 464 g/mol. The maximum absolute atomic E-state index is 12.6. The molecule has 2 heterocycles. The lowest BCUT2D eigenvalue weighted by atomic mass is 9.99. The number of hydrogen-bond donors (Lipinski definition) is 8. The van der Waals surface area contributed by atoms with E-state index in [1.807, 2.05) is 0 Å². The molecule has 1 aliphatic rings. The van der Waals surface area contributed by atoms with E-state index in [9.17, 15) is 45.6 Å². The van der Waals surface area contributed by atoms with Gasteiger partial charge in [-0.2, -0.15) is 0 Å². The second kappa shape index (κ2) is 8.42. The van der Waals surface area contributed by atoms with Crippen molar-refractivity contribution in [3.63, 3.8) is 0 Å². The quantitative estimate of drug-likeness (QED) is 0.229. The summed E-state index contributed by atoms with van der Waals surface area (Å²) in [5, 5.41) is 78.6. The van der Waals surface area contributed by atoms with E-state index in [2.05, 4.69) is 0 Å². The Balaban J connectivity index is 1.76. The first-order valence-corrected chi connectivity index (χ1v) is 9.64. The number of phenols is 3. The van der Waals surface area contributed by atoms with E-state index in [1.165, 1.54) is 6.07 Å². The van der Waals surface area contributed by atoms with E-state index in [1.54, 1.807) is 0 Å². The van der Waals surface area contributed by atoms with Gasteiger partial charge in [0.15, 0.2) is 17.3 Å². The second-order valence-corrected chi connectivity index (χ2v) is 7.44. The first-order chi connectivity index (χ1) is 15.6. The number of aliphatic hydroxyl groups is 4. The molecule has 0 spiro atoms. The van der Waals surface area contributed by atoms with Crippen LogP contribution in [0.2, 0.25) is 0 Å². The molecule has 0 aliphatic carbocycles. The van der Waals surface area contributed by atoms with Crippen molar-refractivity contribution in [1.82, 2.24) is 0 Å². The van der Waals surface area contributed by atoms with E-state index in [0.717, 1.165) is 24.3 Å². The number of aliphatic hydroxyl groups excluding tert-OH is 4. The normalized spacial score (nSPS) is 25.3. The third-order valence-electron chi connectivity index (χ3n) is 5.26. The Morgan fingerprint density at radius 3 is 2.27 bits per heavy atom. The van der Waals surface area contributed by atoms with E-state index in [-0.39, 0.29) is 28.0 Å². The van der Waals surface area contributed by atoms with Crippen LogP contribution in [0.5, 0.6) is 28.7 Å². The summed E-state index contributed by atoms with van der Waals surface area (Å²) in [7, 11) is 0. The fraction of sp³-hybridized carbons (Fsp3) is 0.286. The molecule has 5 atom stereocenters. The molecular formula is C21H20O12. The van der Waals surface area contributed by atoms with Gasteiger partial charge in [0, 0.05) is 17.7 Å². The summed E-state index contributed by atoms with van der Waals surface area (Å²) < 4.78 is 16.3. The van der Waals surface area contributed by atoms with Crippen LogP contribution in [-0.2, 0) is 4.74 Å². The molecule has 8 N–H and O–H groups in total. The van der Waals surface area contributed by atoms with Crippen molar-refractivity contribution in [3.8, 4) is 40.1 Å². The fourth-order valence-corrected chi connectivity index (χ4v) is 3.49. The third kappa shape index (κ3) is 3.90. The van der Waals surface area contributed by atoms with Gasteiger partial charge in [-0.15, -0.1) is 0 Å². The topological polar surface area (TPSA) is 211 Å². The molecule has 3 aromatic rings. The van der Waals surface area contributed by atoms with Crippen LogP contribution < -0.4 is 10.2 Å². The van der Waals surface area contributed by atoms with Gasteiger partial charge in [-0.05, 0) is 18.2 Å². The highest BCUT2D eigenvalue weighted by Gasteiger charge is 2.44. The number of hydrogen-bond acceptors (Lipinski definition) is 12. The van der Waals surface area contributed by atoms with Gasteiger partial charge >= 0.3 is 0 Å². The monoisotopic (exact) mass is 464 g/mol. The van der Waals surface area contributed by atoms with Gasteiger partial charge in [0.05, 0.1) is 6.61 Å². The van der Waals surface area contributed by atoms with Crippen LogP contribution in [0.25, 0.3) is 22.3 Å². The number of benzene rings is 2. The Morgan fingerprint density at radius 1 is 0.879 bits per heavy atom. The van der Waals surface area contributed by atoms with Crippen molar-refractivity contribution in [2.75, 3.05) is 6.61 Å². The molecule has 0 unspecified atom stereocenters. The van der Waals surface area contributed by atoms with Gasteiger partial charge < -0.3 is 54.7 Å². The molecule has 0 radical (unpaired) electrons. The van der Waals surface area contributed by atoms with E-state index in [4.69, 9.17) is 13.9 Å². The van der Waals surface area contributed by atoms with Crippen molar-refractivity contribution >= 4 is 11.0 Å². The molecule has 0 bridgehead atoms. The summed E-state index contributed by atoms with van der Waals surface area (Å²) in [6.07, 6.45) is -7.80. The Morgan fingerprint density at radius 2 is 1.61 bits per heavy atom. The van der Waals surface area contributed by atoms with Crippen LogP contribution in [0.4, 0.5) is 0 Å². The van der Waals surface area contributed by atoms with Gasteiger partial charge in [-0.3, -0.25) is 4.79 Å². The van der Waals surface area contributed by atoms with E-state index in [0.29, 0.717) is 0 Å². The minimum atomic E-state index is -1.72. The number of phenolic OH excluding ortho intramolecular Hbond substituents is 3. The van der Waals surface area contributed by atoms with Crippen LogP contribution >= 0.6 is 0 Å². The van der Waals surface area contributed by atoms with Gasteiger partial charge in [0.1, 0.15) is 46.9 Å². The van der Waals surface area contributed by atoms with Crippen molar-refractivity contribution in [2.45, 2.75) is 30.7 Å². The molecule has 176 valence electrons. The third-order valence-corrected chi connectivity index (χ3v) is 5.26. The van der Waals surface area contributed by atoms with Crippen molar-refractivity contribution in [1.29, 1.82) is 0 Å². The largest absolute Gasteiger partial charge is 0.507 e. The summed E-state index contributed by atoms with van der Waals surface area (Å²) in [4.78, 5) is 12.6. The van der Waals surface area contributed by atoms with Crippen molar-refractivity contribution in [3.05, 3.63) is 40.6 Å². The van der Waals surface area contributed by atoms with Crippen LogP contribution in [0, 0.1) is 0 Å². The number of rotatable bonds is 4. The molecule has 2 aromatic carbocycles. The summed E-state index contributed by atoms with van der Waals surface area (Å²) in [5.41, 5.74) is -1.20. The number of fused-ring (bicyclic) bond motifs is 1. The van der Waals surface area contributed by atoms with Crippen LogP contribution in [0.1, 0.15) is 0 Å². The zero-order valence-electron chi connectivity index (χ0n) is 16.7. The molecule has 33 heavy (non-hydrogen) atoms. The average Bonchev–Trinajstić information content (AvgIpc) is 2.78. The maximum atomic E-state index is 12.6. The Bertz CT molecular complexity index is 1250. The molecule has 1 aliphatic heterocycles. The molecule has 12 nitrogen and oxygen atoms in total. The predicted molar refractivity (Wildman–Crippen MR) is 109 cm³/mol. The molecule has 4 rings (SSSR count). The summed E-state index contributed by atoms with van der Waals surface area (Å²) in [6.45, 7) is -0.676. The molecular weight excluding hydrogens is 444 g/mol. The Hall–Kier alpha value is -3.55. The molecule has 1 fully saturated rings. The fourth-order valence-electron chi connectivity index (χ4n) is 3.49. The Labute approximate surface area is 184 Å². The number of ether oxygens (including phenoxy) is 2. The highest BCUT2D eigenvalue weighted by Crippen LogP contribution is 2.38. The van der Waals surface area contributed by atoms with Crippen LogP contribution in [0.15, 0.2) is 39.5 Å². The van der Waals surface area contributed by atoms with E-state index < -0.39 is 65.7 Å². The van der Waals surface area contributed by atoms with Gasteiger partial charge in [0.2, 0.25) is 17.5 Å². The summed E-state index contributed by atoms with van der Waals surface area (Å²) >= 11 is 0. The van der Waals surface area contributed by atoms with Gasteiger partial charge in [0.25, 0.3) is 0 Å². The molecule has 1 saturated heterocycles. The molecule has 0 amide bonds. The van der Waals surface area contributed by atoms with Crippen LogP contribution in [-0.4, -0.2) is 78.2 Å². The summed E-state index contributed by atoms with van der Waals surface area (Å²) in [6, 6.07) is 5.55. The van der Waals surface area contributed by atoms with E-state index >= 15 is 0 Å². The van der Waals surface area contributed by atoms with Crippen molar-refractivity contribution in [2.24, 2.45) is 0 Å². The SMILES string of the molecule is O=c1c(O)c(-c2ccc(O)c(O)c2)oc2cc(O[C@H]3O[C@@H](CO)[C@H](O)[C@@H](O)[C@@H]3O)cc(O)c12. The Kier molecular flexibility index (Phi) is 5.78. The van der Waals surface area contributed by atoms with Crippen LogP contribution in [0.3, 0.4) is 0 Å². The lowest BCUT2D eigenvalue weighted by Crippen LogP contribution is -2.60. The lowest BCUT2D eigenvalue weighted by molar-refractivity contribution is -0.277. The van der Waals surface area contributed by atoms with Gasteiger partial charge in [-0.25, -0.2) is 0 Å².